The summed E-state index contributed by atoms with van der Waals surface area (Å²) >= 11 is 0. The van der Waals surface area contributed by atoms with Crippen molar-refractivity contribution < 1.29 is 4.48 Å². The first-order valence-electron chi connectivity index (χ1n) is 1.41. The van der Waals surface area contributed by atoms with E-state index in [1.165, 1.54) is 0 Å². The normalized spacial score (nSPS) is 12.0. The van der Waals surface area contributed by atoms with Crippen molar-refractivity contribution in [1.82, 2.24) is 0 Å². The Morgan fingerprint density at radius 2 is 1.20 bits per heavy atom. The van der Waals surface area contributed by atoms with Crippen molar-refractivity contribution >= 4 is 0 Å². The average Bonchev–Trinajstić information content (AvgIpc) is 0.722. The van der Waals surface area contributed by atoms with Crippen LogP contribution in [0.1, 0.15) is 0 Å². The number of nitrogens with zero attached hydrogens (tertiary/aromatic N) is 1. The summed E-state index contributed by atoms with van der Waals surface area (Å²) < 4.78 is 0. The molecule has 0 saturated carbocycles. The predicted octanol–water partition coefficient (Wildman–Crippen LogP) is 0.400. The molecular weight excluding hydrogens is 62.1 g/mol. The molecule has 0 aliphatic heterocycles. The summed E-state index contributed by atoms with van der Waals surface area (Å²) in [6.07, 6.45) is 0. The van der Waals surface area contributed by atoms with Crippen LogP contribution in [0.5, 0.6) is 0 Å². The van der Waals surface area contributed by atoms with Gasteiger partial charge >= 0.3 is 0 Å². The molecule has 0 aliphatic carbocycles. The fourth-order valence-corrected chi connectivity index (χ4v) is 0. The second-order valence-electron chi connectivity index (χ2n) is 1.63. The molecule has 0 bridgehead atoms. The van der Waals surface area contributed by atoms with Crippen molar-refractivity contribution in [2.75, 3.05) is 14.1 Å². The Labute approximate surface area is 33.8 Å². The van der Waals surface area contributed by atoms with Crippen molar-refractivity contribution in [2.45, 2.75) is 0 Å². The van der Waals surface area contributed by atoms with Crippen LogP contribution < -0.4 is 0 Å². The minimum atomic E-state index is 0. The molecule has 0 aromatic rings. The molecule has 0 amide bonds. The lowest BCUT2D eigenvalue weighted by atomic mass is 10.8. The van der Waals surface area contributed by atoms with Crippen molar-refractivity contribution in [2.24, 2.45) is 0 Å². The number of quaternary nitrogens is 1. The largest absolute Gasteiger partial charge is 0.303 e. The zero-order chi connectivity index (χ0) is 4.50. The van der Waals surface area contributed by atoms with Crippen molar-refractivity contribution in [3.8, 4) is 0 Å². The molecule has 1 nitrogen and oxygen atoms in total. The molecule has 0 heterocycles. The predicted molar refractivity (Wildman–Crippen MR) is 20.7 cm³/mol. The molecule has 0 rings (SSSR count). The molecule has 0 N–H and O–H groups in total. The summed E-state index contributed by atoms with van der Waals surface area (Å²) in [6, 6.07) is 0. The Morgan fingerprint density at radius 3 is 1.20 bits per heavy atom. The molecule has 0 aliphatic rings. The second-order valence-corrected chi connectivity index (χ2v) is 1.63. The topological polar surface area (TPSA) is 0 Å². The van der Waals surface area contributed by atoms with Gasteiger partial charge in [0.2, 0.25) is 14.1 Å². The number of hydrogen-bond acceptors (Lipinski definition) is 0. The second kappa shape index (κ2) is 0.977. The molecule has 28 valence electrons. The van der Waals surface area contributed by atoms with Crippen molar-refractivity contribution in [3.63, 3.8) is 0 Å². The van der Waals surface area contributed by atoms with E-state index in [1.807, 2.05) is 0 Å². The van der Waals surface area contributed by atoms with E-state index in [2.05, 4.69) is 0 Å². The van der Waals surface area contributed by atoms with E-state index in [9.17, 15) is 0 Å². The lowest BCUT2D eigenvalue weighted by molar-refractivity contribution is -0.797. The summed E-state index contributed by atoms with van der Waals surface area (Å²) in [5.41, 5.74) is 0. The van der Waals surface area contributed by atoms with Crippen molar-refractivity contribution in [3.05, 3.63) is 14.1 Å². The van der Waals surface area contributed by atoms with Crippen LogP contribution in [0.25, 0.3) is 0 Å². The molecule has 0 saturated heterocycles. The minimum absolute atomic E-state index is 0. The number of rotatable bonds is 0. The maximum absolute atomic E-state index is 5.07. The van der Waals surface area contributed by atoms with Gasteiger partial charge in [-0.1, -0.05) is 0 Å². The van der Waals surface area contributed by atoms with Gasteiger partial charge in [-0.15, -0.1) is 0 Å². The Balaban J connectivity index is 3.02. The lowest BCUT2D eigenvalue weighted by Crippen LogP contribution is -2.21. The fourth-order valence-electron chi connectivity index (χ4n) is 0. The van der Waals surface area contributed by atoms with Crippen LogP contribution in [0, 0.1) is 14.1 Å². The molecular formula is C4H8N+. The van der Waals surface area contributed by atoms with Gasteiger partial charge in [0, 0.05) is 0 Å². The van der Waals surface area contributed by atoms with Gasteiger partial charge in [-0.05, 0) is 0 Å². The number of hydrogen-bond donors (Lipinski definition) is 0. The van der Waals surface area contributed by atoms with Gasteiger partial charge in [-0.3, -0.25) is 0 Å². The van der Waals surface area contributed by atoms with Crippen LogP contribution in [-0.2, 0) is 0 Å². The fraction of sp³-hybridized carbons (Fsp3) is 0.500. The third kappa shape index (κ3) is 9510. The summed E-state index contributed by atoms with van der Waals surface area (Å²) in [5, 5.41) is 0. The molecule has 0 unspecified atom stereocenters. The highest BCUT2D eigenvalue weighted by Crippen LogP contribution is 1.81. The highest BCUT2D eigenvalue weighted by Gasteiger charge is 1.93. The smallest absolute Gasteiger partial charge is 0.206 e. The molecule has 0 spiro atoms. The van der Waals surface area contributed by atoms with E-state index >= 15 is 0 Å². The first kappa shape index (κ1) is 4.96. The third-order valence-electron chi connectivity index (χ3n) is 0. The van der Waals surface area contributed by atoms with Gasteiger partial charge in [0.1, 0.15) is 0 Å². The van der Waals surface area contributed by atoms with E-state index in [4.69, 9.17) is 14.1 Å². The van der Waals surface area contributed by atoms with Gasteiger partial charge < -0.3 is 4.48 Å². The lowest BCUT2D eigenvalue weighted by Gasteiger charge is -2.09. The van der Waals surface area contributed by atoms with Crippen LogP contribution in [0.15, 0.2) is 0 Å². The van der Waals surface area contributed by atoms with Crippen LogP contribution in [0.3, 0.4) is 0 Å². The Morgan fingerprint density at radius 1 is 1.20 bits per heavy atom. The van der Waals surface area contributed by atoms with E-state index in [0.29, 0.717) is 0 Å². The Bertz CT molecular complexity index is 19.1. The molecule has 5 heavy (non-hydrogen) atoms. The van der Waals surface area contributed by atoms with Crippen LogP contribution in [-0.4, -0.2) is 18.6 Å². The standard InChI is InChI=1S/C4H8N/c1-5(2,3)4/h1-2H,3-4H3/q+1. The Kier molecular flexibility index (Phi) is 0.969. The molecule has 0 aromatic carbocycles. The molecule has 0 aromatic heterocycles. The SMILES string of the molecule is [CH][N+]([CH])(C)C. The van der Waals surface area contributed by atoms with E-state index in [1.54, 1.807) is 14.1 Å². The highest BCUT2D eigenvalue weighted by atomic mass is 15.2. The first-order chi connectivity index (χ1) is 2.00. The summed E-state index contributed by atoms with van der Waals surface area (Å²) in [4.78, 5) is 0. The zero-order valence-corrected chi connectivity index (χ0v) is 3.60. The van der Waals surface area contributed by atoms with E-state index in [0.717, 1.165) is 0 Å². The Hall–Kier alpha value is -0.0400. The van der Waals surface area contributed by atoms with Crippen LogP contribution in [0.2, 0.25) is 0 Å². The summed E-state index contributed by atoms with van der Waals surface area (Å²) in [5.74, 6) is 0. The van der Waals surface area contributed by atoms with Gasteiger partial charge in [0.05, 0.1) is 14.1 Å². The molecule has 0 atom stereocenters. The third-order valence-corrected chi connectivity index (χ3v) is 0. The quantitative estimate of drug-likeness (QED) is 0.362. The van der Waals surface area contributed by atoms with Crippen molar-refractivity contribution in [1.29, 1.82) is 0 Å². The average molecular weight is 70.1 g/mol. The maximum Gasteiger partial charge on any atom is 0.206 e. The zero-order valence-electron chi connectivity index (χ0n) is 3.60. The monoisotopic (exact) mass is 70.1 g/mol. The van der Waals surface area contributed by atoms with Gasteiger partial charge in [-0.2, -0.15) is 0 Å². The molecule has 1 heteroatoms. The summed E-state index contributed by atoms with van der Waals surface area (Å²) in [6.45, 7) is 0. The highest BCUT2D eigenvalue weighted by molar-refractivity contribution is 4.10. The maximum atomic E-state index is 5.07. The summed E-state index contributed by atoms with van der Waals surface area (Å²) in [7, 11) is 13.5. The van der Waals surface area contributed by atoms with Gasteiger partial charge in [0.25, 0.3) is 0 Å². The van der Waals surface area contributed by atoms with Crippen LogP contribution in [0.4, 0.5) is 0 Å². The first-order valence-corrected chi connectivity index (χ1v) is 1.41. The van der Waals surface area contributed by atoms with Gasteiger partial charge in [0.15, 0.2) is 0 Å². The molecule has 0 fully saturated rings. The molecule has 4 radical (unpaired) electrons. The van der Waals surface area contributed by atoms with Crippen LogP contribution >= 0.6 is 0 Å². The van der Waals surface area contributed by atoms with Gasteiger partial charge in [-0.25, -0.2) is 0 Å². The van der Waals surface area contributed by atoms with E-state index < -0.39 is 0 Å². The van der Waals surface area contributed by atoms with E-state index in [-0.39, 0.29) is 4.48 Å². The minimum Gasteiger partial charge on any atom is -0.303 e.